The summed E-state index contributed by atoms with van der Waals surface area (Å²) in [6.07, 6.45) is 2.04. The van der Waals surface area contributed by atoms with Gasteiger partial charge in [0, 0.05) is 50.0 Å². The molecule has 2 aromatic rings. The fourth-order valence-electron chi connectivity index (χ4n) is 4.81. The number of nitrogens with zero attached hydrogens (tertiary/aromatic N) is 3. The van der Waals surface area contributed by atoms with Gasteiger partial charge in [-0.15, -0.1) is 0 Å². The van der Waals surface area contributed by atoms with Crippen LogP contribution in [0.25, 0.3) is 0 Å². The minimum atomic E-state index is -0.222. The molecule has 1 N–H and O–H groups in total. The molecule has 1 amide bonds. The Morgan fingerprint density at radius 1 is 1.28 bits per heavy atom. The van der Waals surface area contributed by atoms with Gasteiger partial charge in [-0.25, -0.2) is 0 Å². The molecule has 6 nitrogen and oxygen atoms in total. The van der Waals surface area contributed by atoms with Crippen molar-refractivity contribution in [2.75, 3.05) is 39.9 Å². The number of carbonyl (C=O) groups is 1. The fourth-order valence-corrected chi connectivity index (χ4v) is 4.81. The van der Waals surface area contributed by atoms with Crippen molar-refractivity contribution in [3.8, 4) is 5.75 Å². The molecule has 0 radical (unpaired) electrons. The maximum Gasteiger partial charge on any atom is 0.228 e. The van der Waals surface area contributed by atoms with E-state index < -0.39 is 0 Å². The van der Waals surface area contributed by atoms with E-state index in [1.165, 1.54) is 11.1 Å². The first-order valence-corrected chi connectivity index (χ1v) is 10.2. The van der Waals surface area contributed by atoms with Gasteiger partial charge in [-0.3, -0.25) is 14.7 Å². The first kappa shape index (κ1) is 19.9. The second kappa shape index (κ2) is 8.13. The van der Waals surface area contributed by atoms with Crippen molar-refractivity contribution >= 4 is 5.91 Å². The highest BCUT2D eigenvalue weighted by Gasteiger charge is 2.52. The van der Waals surface area contributed by atoms with Gasteiger partial charge in [-0.05, 0) is 48.2 Å². The topological polar surface area (TPSA) is 65.9 Å². The maximum absolute atomic E-state index is 12.8. The molecule has 6 heteroatoms. The number of aromatic nitrogens is 1. The number of rotatable bonds is 6. The average molecular weight is 396 g/mol. The van der Waals surface area contributed by atoms with Crippen molar-refractivity contribution in [2.24, 2.45) is 11.3 Å². The molecule has 1 aromatic heterocycles. The van der Waals surface area contributed by atoms with Crippen molar-refractivity contribution in [3.63, 3.8) is 0 Å². The third kappa shape index (κ3) is 4.00. The Morgan fingerprint density at radius 3 is 2.79 bits per heavy atom. The van der Waals surface area contributed by atoms with Gasteiger partial charge in [0.15, 0.2) is 0 Å². The number of hydrogen-bond acceptors (Lipinski definition) is 5. The molecule has 2 aliphatic heterocycles. The summed E-state index contributed by atoms with van der Waals surface area (Å²) in [4.78, 5) is 21.4. The molecule has 0 saturated carbocycles. The molecule has 3 heterocycles. The first-order valence-electron chi connectivity index (χ1n) is 10.2. The summed E-state index contributed by atoms with van der Waals surface area (Å²) < 4.78 is 5.30. The lowest BCUT2D eigenvalue weighted by Crippen LogP contribution is -2.39. The number of ether oxygens (including phenoxy) is 1. The highest BCUT2D eigenvalue weighted by atomic mass is 16.5. The van der Waals surface area contributed by atoms with Gasteiger partial charge in [0.05, 0.1) is 20.1 Å². The van der Waals surface area contributed by atoms with E-state index in [-0.39, 0.29) is 17.9 Å². The summed E-state index contributed by atoms with van der Waals surface area (Å²) in [6, 6.07) is 11.8. The van der Waals surface area contributed by atoms with Crippen LogP contribution in [0.4, 0.5) is 0 Å². The monoisotopic (exact) mass is 395 g/mol. The second-order valence-electron chi connectivity index (χ2n) is 8.45. The summed E-state index contributed by atoms with van der Waals surface area (Å²) in [5, 5.41) is 10.2. The molecule has 2 aliphatic rings. The molecular formula is C23H29N3O3. The van der Waals surface area contributed by atoms with Gasteiger partial charge in [0.1, 0.15) is 5.75 Å². The summed E-state index contributed by atoms with van der Waals surface area (Å²) in [5.41, 5.74) is 3.07. The fraction of sp³-hybridized carbons (Fsp3) is 0.478. The van der Waals surface area contributed by atoms with E-state index in [0.29, 0.717) is 25.4 Å². The molecule has 0 bridgehead atoms. The van der Waals surface area contributed by atoms with E-state index in [4.69, 9.17) is 4.74 Å². The molecule has 2 unspecified atom stereocenters. The summed E-state index contributed by atoms with van der Waals surface area (Å²) in [5.74, 6) is 1.28. The van der Waals surface area contributed by atoms with E-state index in [2.05, 4.69) is 28.9 Å². The SMILES string of the molecule is COc1ccc(CN2CC3CN(C(=O)Cc4ccccn4)CC3(CO)C2)c(C)c1. The highest BCUT2D eigenvalue weighted by molar-refractivity contribution is 5.78. The normalized spacial score (nSPS) is 24.0. The van der Waals surface area contributed by atoms with Gasteiger partial charge in [0.2, 0.25) is 5.91 Å². The van der Waals surface area contributed by atoms with E-state index in [9.17, 15) is 9.90 Å². The standard InChI is InChI=1S/C23H29N3O3/c1-17-9-21(29-2)7-6-18(17)11-25-12-19-13-26(15-23(19,14-25)16-27)22(28)10-20-5-3-4-8-24-20/h3-9,19,27H,10-16H2,1-2H3. The number of aryl methyl sites for hydroxylation is 1. The summed E-state index contributed by atoms with van der Waals surface area (Å²) in [7, 11) is 1.68. The number of aliphatic hydroxyl groups excluding tert-OH is 1. The first-order chi connectivity index (χ1) is 14.0. The lowest BCUT2D eigenvalue weighted by atomic mass is 9.82. The summed E-state index contributed by atoms with van der Waals surface area (Å²) in [6.45, 7) is 6.13. The number of methoxy groups -OCH3 is 1. The Labute approximate surface area is 172 Å². The number of carbonyl (C=O) groups excluding carboxylic acids is 1. The number of amides is 1. The number of hydrogen-bond donors (Lipinski definition) is 1. The van der Waals surface area contributed by atoms with Crippen LogP contribution in [-0.2, 0) is 17.8 Å². The number of pyridine rings is 1. The Kier molecular flexibility index (Phi) is 5.56. The molecule has 0 aliphatic carbocycles. The molecular weight excluding hydrogens is 366 g/mol. The van der Waals surface area contributed by atoms with E-state index in [0.717, 1.165) is 31.1 Å². The van der Waals surface area contributed by atoms with Crippen LogP contribution in [0.3, 0.4) is 0 Å². The third-order valence-corrected chi connectivity index (χ3v) is 6.50. The number of fused-ring (bicyclic) bond motifs is 1. The molecule has 4 rings (SSSR count). The van der Waals surface area contributed by atoms with Crippen LogP contribution in [0.2, 0.25) is 0 Å². The van der Waals surface area contributed by atoms with Crippen molar-refractivity contribution in [2.45, 2.75) is 19.9 Å². The van der Waals surface area contributed by atoms with E-state index in [1.807, 2.05) is 29.2 Å². The van der Waals surface area contributed by atoms with Crippen LogP contribution in [0.1, 0.15) is 16.8 Å². The lowest BCUT2D eigenvalue weighted by molar-refractivity contribution is -0.130. The molecule has 2 saturated heterocycles. The molecule has 0 spiro atoms. The van der Waals surface area contributed by atoms with Crippen LogP contribution < -0.4 is 4.74 Å². The Hall–Kier alpha value is -2.44. The predicted molar refractivity (Wildman–Crippen MR) is 111 cm³/mol. The smallest absolute Gasteiger partial charge is 0.228 e. The molecule has 2 fully saturated rings. The maximum atomic E-state index is 12.8. The largest absolute Gasteiger partial charge is 0.497 e. The van der Waals surface area contributed by atoms with Crippen molar-refractivity contribution in [1.82, 2.24) is 14.8 Å². The number of likely N-dealkylation sites (tertiary alicyclic amines) is 2. The molecule has 29 heavy (non-hydrogen) atoms. The van der Waals surface area contributed by atoms with Crippen LogP contribution >= 0.6 is 0 Å². The van der Waals surface area contributed by atoms with Crippen LogP contribution in [0.5, 0.6) is 5.75 Å². The molecule has 2 atom stereocenters. The lowest BCUT2D eigenvalue weighted by Gasteiger charge is -2.27. The van der Waals surface area contributed by atoms with E-state index >= 15 is 0 Å². The number of aliphatic hydroxyl groups is 1. The average Bonchev–Trinajstić information content (AvgIpc) is 3.24. The quantitative estimate of drug-likeness (QED) is 0.809. The van der Waals surface area contributed by atoms with Gasteiger partial charge < -0.3 is 14.7 Å². The van der Waals surface area contributed by atoms with Crippen LogP contribution in [-0.4, -0.2) is 65.7 Å². The van der Waals surface area contributed by atoms with Gasteiger partial charge in [0.25, 0.3) is 0 Å². The molecule has 1 aromatic carbocycles. The Balaban J connectivity index is 1.40. The minimum Gasteiger partial charge on any atom is -0.497 e. The van der Waals surface area contributed by atoms with Crippen molar-refractivity contribution < 1.29 is 14.6 Å². The van der Waals surface area contributed by atoms with Gasteiger partial charge in [-0.1, -0.05) is 12.1 Å². The Morgan fingerprint density at radius 2 is 2.14 bits per heavy atom. The summed E-state index contributed by atoms with van der Waals surface area (Å²) >= 11 is 0. The van der Waals surface area contributed by atoms with Gasteiger partial charge >= 0.3 is 0 Å². The number of benzene rings is 1. The van der Waals surface area contributed by atoms with Crippen molar-refractivity contribution in [3.05, 3.63) is 59.4 Å². The van der Waals surface area contributed by atoms with Gasteiger partial charge in [-0.2, -0.15) is 0 Å². The zero-order chi connectivity index (χ0) is 20.4. The predicted octanol–water partition coefficient (Wildman–Crippen LogP) is 1.89. The zero-order valence-corrected chi connectivity index (χ0v) is 17.2. The van der Waals surface area contributed by atoms with Crippen LogP contribution in [0, 0.1) is 18.3 Å². The Bertz CT molecular complexity index is 873. The highest BCUT2D eigenvalue weighted by Crippen LogP contribution is 2.43. The molecule has 154 valence electrons. The second-order valence-corrected chi connectivity index (χ2v) is 8.45. The van der Waals surface area contributed by atoms with Crippen molar-refractivity contribution in [1.29, 1.82) is 0 Å². The third-order valence-electron chi connectivity index (χ3n) is 6.50. The van der Waals surface area contributed by atoms with E-state index in [1.54, 1.807) is 13.3 Å². The van der Waals surface area contributed by atoms with Crippen LogP contribution in [0.15, 0.2) is 42.6 Å². The minimum absolute atomic E-state index is 0.100. The zero-order valence-electron chi connectivity index (χ0n) is 17.2.